The van der Waals surface area contributed by atoms with Gasteiger partial charge < -0.3 is 19.9 Å². The zero-order valence-electron chi connectivity index (χ0n) is 19.2. The van der Waals surface area contributed by atoms with Crippen LogP contribution in [0.25, 0.3) is 21.8 Å². The maximum atomic E-state index is 15.0. The van der Waals surface area contributed by atoms with Gasteiger partial charge >= 0.3 is 0 Å². The van der Waals surface area contributed by atoms with E-state index in [1.165, 1.54) is 6.07 Å². The second-order valence-electron chi connectivity index (χ2n) is 8.93. The van der Waals surface area contributed by atoms with Crippen LogP contribution in [0.2, 0.25) is 0 Å². The van der Waals surface area contributed by atoms with E-state index in [0.29, 0.717) is 28.8 Å². The average Bonchev–Trinajstić information content (AvgIpc) is 2.83. The predicted octanol–water partition coefficient (Wildman–Crippen LogP) is 4.10. The largest absolute Gasteiger partial charge is 0.488 e. The average molecular weight is 461 g/mol. The minimum atomic E-state index is -0.852. The molecule has 8 heteroatoms. The molecule has 0 bridgehead atoms. The van der Waals surface area contributed by atoms with Gasteiger partial charge in [0.15, 0.2) is 17.0 Å². The molecule has 0 saturated heterocycles. The summed E-state index contributed by atoms with van der Waals surface area (Å²) in [4.78, 5) is 35.7. The molecule has 0 spiro atoms. The Morgan fingerprint density at radius 2 is 2.00 bits per heavy atom. The highest BCUT2D eigenvalue weighted by Crippen LogP contribution is 2.33. The van der Waals surface area contributed by atoms with Crippen LogP contribution in [0, 0.1) is 5.82 Å². The van der Waals surface area contributed by atoms with Crippen LogP contribution in [0.3, 0.4) is 0 Å². The number of benzene rings is 2. The van der Waals surface area contributed by atoms with Crippen molar-refractivity contribution in [2.24, 2.45) is 0 Å². The maximum absolute atomic E-state index is 15.0. The molecule has 5 rings (SSSR count). The smallest absolute Gasteiger partial charge is 0.255 e. The molecule has 4 aromatic rings. The quantitative estimate of drug-likeness (QED) is 0.448. The normalized spacial score (nSPS) is 13.6. The number of halogens is 1. The number of nitrogens with zero attached hydrogens (tertiary/aromatic N) is 2. The van der Waals surface area contributed by atoms with Crippen molar-refractivity contribution in [1.29, 1.82) is 0 Å². The lowest BCUT2D eigenvalue weighted by Gasteiger charge is -2.32. The van der Waals surface area contributed by atoms with E-state index in [4.69, 9.17) is 4.74 Å². The molecule has 0 radical (unpaired) electrons. The van der Waals surface area contributed by atoms with Crippen LogP contribution in [-0.4, -0.2) is 35.6 Å². The van der Waals surface area contributed by atoms with E-state index in [0.717, 1.165) is 30.5 Å². The maximum Gasteiger partial charge on any atom is 0.255 e. The van der Waals surface area contributed by atoms with Gasteiger partial charge in [-0.1, -0.05) is 12.1 Å². The fraction of sp³-hybridized carbons (Fsp3) is 0.269. The molecule has 0 aliphatic carbocycles. The minimum absolute atomic E-state index is 0.147. The van der Waals surface area contributed by atoms with Gasteiger partial charge in [0.1, 0.15) is 12.4 Å². The van der Waals surface area contributed by atoms with Crippen LogP contribution in [0.5, 0.6) is 5.75 Å². The zero-order chi connectivity index (χ0) is 24.0. The molecule has 7 nitrogen and oxygen atoms in total. The van der Waals surface area contributed by atoms with E-state index in [9.17, 15) is 14.0 Å². The molecule has 1 amide bonds. The number of carbonyl (C=O) groups excluding carboxylic acids is 1. The fourth-order valence-corrected chi connectivity index (χ4v) is 4.34. The number of H-pyrrole nitrogens is 1. The number of likely N-dealkylation sites (N-methyl/N-ethyl adjacent to an activating group) is 1. The Bertz CT molecular complexity index is 1500. The molecule has 0 atom stereocenters. The first kappa shape index (κ1) is 21.9. The number of para-hydroxylation sites is 1. The molecule has 0 unspecified atom stereocenters. The number of anilines is 1. The lowest BCUT2D eigenvalue weighted by atomic mass is 9.94. The van der Waals surface area contributed by atoms with Gasteiger partial charge in [-0.15, -0.1) is 0 Å². The van der Waals surface area contributed by atoms with Crippen LogP contribution in [0.1, 0.15) is 36.7 Å². The Balaban J connectivity index is 1.49. The van der Waals surface area contributed by atoms with Crippen LogP contribution >= 0.6 is 0 Å². The monoisotopic (exact) mass is 460 g/mol. The number of aromatic nitrogens is 2. The summed E-state index contributed by atoms with van der Waals surface area (Å²) in [6.45, 7) is 7.86. The van der Waals surface area contributed by atoms with Crippen molar-refractivity contribution in [2.45, 2.75) is 26.3 Å². The van der Waals surface area contributed by atoms with E-state index in [-0.39, 0.29) is 16.4 Å². The number of rotatable bonds is 4. The summed E-state index contributed by atoms with van der Waals surface area (Å²) in [6, 6.07) is 11.4. The first-order chi connectivity index (χ1) is 16.3. The lowest BCUT2D eigenvalue weighted by Crippen LogP contribution is -2.42. The van der Waals surface area contributed by atoms with Gasteiger partial charge in [-0.2, -0.15) is 0 Å². The van der Waals surface area contributed by atoms with Gasteiger partial charge in [0.2, 0.25) is 0 Å². The molecule has 0 saturated carbocycles. The van der Waals surface area contributed by atoms with Gasteiger partial charge in [0.25, 0.3) is 5.91 Å². The van der Waals surface area contributed by atoms with Gasteiger partial charge in [-0.25, -0.2) is 9.37 Å². The molecule has 174 valence electrons. The van der Waals surface area contributed by atoms with Crippen LogP contribution < -0.4 is 20.4 Å². The van der Waals surface area contributed by atoms with Crippen molar-refractivity contribution in [1.82, 2.24) is 15.3 Å². The van der Waals surface area contributed by atoms with E-state index < -0.39 is 17.3 Å². The molecule has 1 aliphatic heterocycles. The molecule has 1 aliphatic rings. The van der Waals surface area contributed by atoms with Gasteiger partial charge in [-0.05, 0) is 56.7 Å². The van der Waals surface area contributed by atoms with Crippen molar-refractivity contribution in [3.8, 4) is 5.75 Å². The Kier molecular flexibility index (Phi) is 5.23. The van der Waals surface area contributed by atoms with Crippen molar-refractivity contribution < 1.29 is 13.9 Å². The molecule has 2 aromatic carbocycles. The molecule has 0 fully saturated rings. The molecule has 3 heterocycles. The third-order valence-corrected chi connectivity index (χ3v) is 6.32. The highest BCUT2D eigenvalue weighted by Gasteiger charge is 2.28. The molecule has 2 N–H and O–H groups in total. The SMILES string of the molecule is CCN1CCOc2cc(C(C)(C)NC(=O)c3cc4[nH]c5ccccc5c(=O)c4cc3F)cnc21. The summed E-state index contributed by atoms with van der Waals surface area (Å²) in [7, 11) is 0. The van der Waals surface area contributed by atoms with Gasteiger partial charge in [0, 0.05) is 29.0 Å². The van der Waals surface area contributed by atoms with Crippen molar-refractivity contribution in [3.63, 3.8) is 0 Å². The van der Waals surface area contributed by atoms with Gasteiger partial charge in [-0.3, -0.25) is 9.59 Å². The van der Waals surface area contributed by atoms with Crippen LogP contribution in [-0.2, 0) is 5.54 Å². The number of aromatic amines is 1. The van der Waals surface area contributed by atoms with E-state index >= 15 is 0 Å². The standard InChI is InChI=1S/C26H25FN4O3/c1-4-31-9-10-34-22-11-15(14-28-24(22)31)26(2,3)30-25(33)17-13-21-18(12-19(17)27)23(32)16-7-5-6-8-20(16)29-21/h5-8,11-14H,4,9-10H2,1-3H3,(H,29,32)(H,30,33). The van der Waals surface area contributed by atoms with E-state index in [2.05, 4.69) is 27.1 Å². The summed E-state index contributed by atoms with van der Waals surface area (Å²) in [5.74, 6) is 0.0879. The zero-order valence-corrected chi connectivity index (χ0v) is 19.2. The Morgan fingerprint density at radius 1 is 1.21 bits per heavy atom. The summed E-state index contributed by atoms with van der Waals surface area (Å²) >= 11 is 0. The number of amides is 1. The Hall–Kier alpha value is -3.94. The number of hydrogen-bond donors (Lipinski definition) is 2. The molecule has 34 heavy (non-hydrogen) atoms. The van der Waals surface area contributed by atoms with Crippen molar-refractivity contribution >= 4 is 33.5 Å². The fourth-order valence-electron chi connectivity index (χ4n) is 4.34. The lowest BCUT2D eigenvalue weighted by molar-refractivity contribution is 0.0907. The Morgan fingerprint density at radius 3 is 2.79 bits per heavy atom. The van der Waals surface area contributed by atoms with Crippen LogP contribution in [0.15, 0.2) is 53.5 Å². The number of carbonyl (C=O) groups is 1. The molecular weight excluding hydrogens is 435 g/mol. The van der Waals surface area contributed by atoms with E-state index in [1.807, 2.05) is 19.9 Å². The third kappa shape index (κ3) is 3.65. The second-order valence-corrected chi connectivity index (χ2v) is 8.93. The first-order valence-electron chi connectivity index (χ1n) is 11.2. The highest BCUT2D eigenvalue weighted by molar-refractivity contribution is 6.00. The second kappa shape index (κ2) is 8.13. The minimum Gasteiger partial charge on any atom is -0.488 e. The number of pyridine rings is 2. The van der Waals surface area contributed by atoms with Crippen LogP contribution in [0.4, 0.5) is 10.2 Å². The summed E-state index contributed by atoms with van der Waals surface area (Å²) in [5, 5.41) is 3.56. The van der Waals surface area contributed by atoms with Gasteiger partial charge in [0.05, 0.1) is 23.2 Å². The number of hydrogen-bond acceptors (Lipinski definition) is 5. The first-order valence-corrected chi connectivity index (χ1v) is 11.2. The summed E-state index contributed by atoms with van der Waals surface area (Å²) < 4.78 is 20.8. The predicted molar refractivity (Wildman–Crippen MR) is 130 cm³/mol. The number of fused-ring (bicyclic) bond motifs is 3. The topological polar surface area (TPSA) is 87.3 Å². The molecular formula is C26H25FN4O3. The number of nitrogens with one attached hydrogen (secondary N) is 2. The summed E-state index contributed by atoms with van der Waals surface area (Å²) in [5.41, 5.74) is 0.478. The van der Waals surface area contributed by atoms with Crippen molar-refractivity contribution in [3.05, 3.63) is 75.8 Å². The third-order valence-electron chi connectivity index (χ3n) is 6.32. The highest BCUT2D eigenvalue weighted by atomic mass is 19.1. The molecule has 2 aromatic heterocycles. The van der Waals surface area contributed by atoms with Crippen molar-refractivity contribution in [2.75, 3.05) is 24.6 Å². The Labute approximate surface area is 195 Å². The summed E-state index contributed by atoms with van der Waals surface area (Å²) in [6.07, 6.45) is 1.71. The number of ether oxygens (including phenoxy) is 1. The van der Waals surface area contributed by atoms with E-state index in [1.54, 1.807) is 30.5 Å².